The molecule has 11 rings (SSSR count). The maximum Gasteiger partial charge on any atom is 0.0528 e. The van der Waals surface area contributed by atoms with Crippen molar-refractivity contribution in [2.75, 3.05) is 0 Å². The molecule has 0 amide bonds. The minimum absolute atomic E-state index is 1.15. The predicted molar refractivity (Wildman–Crippen MR) is 257 cm³/mol. The lowest BCUT2D eigenvalue weighted by molar-refractivity contribution is 1.13. The third-order valence-corrected chi connectivity index (χ3v) is 11.8. The molecule has 0 N–H and O–H groups in total. The highest BCUT2D eigenvalue weighted by molar-refractivity contribution is 6.22. The van der Waals surface area contributed by atoms with E-state index in [1.54, 1.807) is 0 Å². The van der Waals surface area contributed by atoms with Crippen LogP contribution in [-0.2, 0) is 0 Å². The number of fused-ring (bicyclic) bond motifs is 5. The molecule has 0 spiro atoms. The number of aromatic nitrogens is 2. The van der Waals surface area contributed by atoms with Crippen LogP contribution in [0.25, 0.3) is 101 Å². The van der Waals surface area contributed by atoms with Gasteiger partial charge in [-0.3, -0.25) is 0 Å². The van der Waals surface area contributed by atoms with E-state index in [2.05, 4.69) is 252 Å². The highest BCUT2D eigenvalue weighted by Crippen LogP contribution is 2.45. The van der Waals surface area contributed by atoms with Gasteiger partial charge in [0.05, 0.1) is 11.0 Å². The molecule has 0 bridgehead atoms. The van der Waals surface area contributed by atoms with Crippen molar-refractivity contribution in [3.8, 4) is 33.6 Å². The Hall–Kier alpha value is -7.94. The molecule has 0 aliphatic rings. The van der Waals surface area contributed by atoms with Crippen LogP contribution in [0.1, 0.15) is 22.3 Å². The molecule has 0 saturated heterocycles. The monoisotopic (exact) mass is 764 g/mol. The molecular formula is C58H40N2. The van der Waals surface area contributed by atoms with Crippen LogP contribution >= 0.6 is 0 Å². The summed E-state index contributed by atoms with van der Waals surface area (Å²) in [7, 11) is 0. The molecule has 2 nitrogen and oxygen atoms in total. The van der Waals surface area contributed by atoms with Gasteiger partial charge in [0.1, 0.15) is 0 Å². The van der Waals surface area contributed by atoms with E-state index in [1.165, 1.54) is 65.6 Å². The Morgan fingerprint density at radius 3 is 1.08 bits per heavy atom. The molecule has 282 valence electrons. The largest absolute Gasteiger partial charge is 0.317 e. The van der Waals surface area contributed by atoms with Crippen LogP contribution in [0.15, 0.2) is 219 Å². The van der Waals surface area contributed by atoms with Gasteiger partial charge in [-0.1, -0.05) is 170 Å². The first-order valence-electron chi connectivity index (χ1n) is 20.6. The maximum atomic E-state index is 2.37. The standard InChI is InChI=1S/C58H40N2/c1-3-13-47(14-4-1)57-51-33-27-43(21-19-41-23-29-49(30-24-41)59-37-35-45-11-7-9-17-55(45)59)39-53(51)54-40-44(28-34-52(54)58(57)48-15-5-2-6-16-48)22-20-42-25-31-50(32-26-42)60-38-36-46-12-8-10-18-56(46)60/h1-40H/b21-19+,22-20+. The molecule has 0 fully saturated rings. The van der Waals surface area contributed by atoms with E-state index in [1.807, 2.05) is 0 Å². The number of hydrogen-bond acceptors (Lipinski definition) is 0. The van der Waals surface area contributed by atoms with E-state index in [9.17, 15) is 0 Å². The Balaban J connectivity index is 0.996. The lowest BCUT2D eigenvalue weighted by Crippen LogP contribution is -1.93. The van der Waals surface area contributed by atoms with Crippen molar-refractivity contribution in [1.82, 2.24) is 9.13 Å². The minimum Gasteiger partial charge on any atom is -0.317 e. The fourth-order valence-electron chi connectivity index (χ4n) is 8.78. The molecule has 0 saturated carbocycles. The summed E-state index contributed by atoms with van der Waals surface area (Å²) in [5.74, 6) is 0. The second kappa shape index (κ2) is 15.1. The van der Waals surface area contributed by atoms with Crippen molar-refractivity contribution in [3.05, 3.63) is 241 Å². The van der Waals surface area contributed by atoms with Crippen LogP contribution in [-0.4, -0.2) is 9.13 Å². The Bertz CT molecular complexity index is 3150. The van der Waals surface area contributed by atoms with E-state index in [0.29, 0.717) is 0 Å². The minimum atomic E-state index is 1.15. The number of hydrogen-bond donors (Lipinski definition) is 0. The van der Waals surface area contributed by atoms with Crippen molar-refractivity contribution < 1.29 is 0 Å². The van der Waals surface area contributed by atoms with Crippen molar-refractivity contribution in [2.24, 2.45) is 0 Å². The molecule has 0 aliphatic carbocycles. The van der Waals surface area contributed by atoms with Gasteiger partial charge in [0, 0.05) is 23.8 Å². The van der Waals surface area contributed by atoms with Gasteiger partial charge in [0.25, 0.3) is 0 Å². The molecule has 11 aromatic rings. The van der Waals surface area contributed by atoms with Crippen LogP contribution in [0.3, 0.4) is 0 Å². The van der Waals surface area contributed by atoms with Gasteiger partial charge < -0.3 is 9.13 Å². The van der Waals surface area contributed by atoms with Gasteiger partial charge in [-0.25, -0.2) is 0 Å². The van der Waals surface area contributed by atoms with Crippen molar-refractivity contribution >= 4 is 67.7 Å². The molecule has 60 heavy (non-hydrogen) atoms. The summed E-state index contributed by atoms with van der Waals surface area (Å²) < 4.78 is 4.49. The normalized spacial score (nSPS) is 11.9. The summed E-state index contributed by atoms with van der Waals surface area (Å²) in [5, 5.41) is 7.43. The van der Waals surface area contributed by atoms with E-state index >= 15 is 0 Å². The third-order valence-electron chi connectivity index (χ3n) is 11.8. The van der Waals surface area contributed by atoms with Gasteiger partial charge in [-0.05, 0) is 137 Å². The highest BCUT2D eigenvalue weighted by atomic mass is 15.0. The number of para-hydroxylation sites is 2. The maximum absolute atomic E-state index is 2.37. The summed E-state index contributed by atoms with van der Waals surface area (Å²) in [6.45, 7) is 0. The molecule has 0 radical (unpaired) electrons. The first-order chi connectivity index (χ1) is 29.7. The quantitative estimate of drug-likeness (QED) is 0.108. The van der Waals surface area contributed by atoms with E-state index < -0.39 is 0 Å². The fraction of sp³-hybridized carbons (Fsp3) is 0. The lowest BCUT2D eigenvalue weighted by Gasteiger charge is -2.19. The van der Waals surface area contributed by atoms with E-state index in [-0.39, 0.29) is 0 Å². The Morgan fingerprint density at radius 1 is 0.283 bits per heavy atom. The molecular weight excluding hydrogens is 725 g/mol. The second-order valence-electron chi connectivity index (χ2n) is 15.4. The first-order valence-corrected chi connectivity index (χ1v) is 20.6. The van der Waals surface area contributed by atoms with Crippen molar-refractivity contribution in [2.45, 2.75) is 0 Å². The van der Waals surface area contributed by atoms with Crippen LogP contribution in [0.2, 0.25) is 0 Å². The van der Waals surface area contributed by atoms with E-state index in [0.717, 1.165) is 33.6 Å². The zero-order valence-corrected chi connectivity index (χ0v) is 33.0. The molecule has 0 atom stereocenters. The summed E-state index contributed by atoms with van der Waals surface area (Å²) in [6.07, 6.45) is 13.2. The zero-order chi connectivity index (χ0) is 39.8. The molecule has 2 heteroatoms. The topological polar surface area (TPSA) is 9.86 Å². The number of nitrogens with zero attached hydrogens (tertiary/aromatic N) is 2. The lowest BCUT2D eigenvalue weighted by atomic mass is 9.84. The predicted octanol–water partition coefficient (Wildman–Crippen LogP) is 15.6. The van der Waals surface area contributed by atoms with Crippen LogP contribution < -0.4 is 0 Å². The smallest absolute Gasteiger partial charge is 0.0528 e. The average molecular weight is 765 g/mol. The number of benzene rings is 9. The van der Waals surface area contributed by atoms with Gasteiger partial charge in [0.2, 0.25) is 0 Å². The second-order valence-corrected chi connectivity index (χ2v) is 15.4. The third kappa shape index (κ3) is 6.51. The highest BCUT2D eigenvalue weighted by Gasteiger charge is 2.18. The Morgan fingerprint density at radius 2 is 0.650 bits per heavy atom. The Kier molecular flexibility index (Phi) is 8.87. The van der Waals surface area contributed by atoms with Crippen LogP contribution in [0.5, 0.6) is 0 Å². The molecule has 0 aliphatic heterocycles. The zero-order valence-electron chi connectivity index (χ0n) is 33.0. The van der Waals surface area contributed by atoms with Crippen molar-refractivity contribution in [3.63, 3.8) is 0 Å². The van der Waals surface area contributed by atoms with Gasteiger partial charge in [-0.2, -0.15) is 0 Å². The summed E-state index contributed by atoms with van der Waals surface area (Å²) in [5.41, 5.74) is 14.3. The molecule has 9 aromatic carbocycles. The summed E-state index contributed by atoms with van der Waals surface area (Å²) >= 11 is 0. The molecule has 0 unspecified atom stereocenters. The van der Waals surface area contributed by atoms with Crippen LogP contribution in [0.4, 0.5) is 0 Å². The Labute approximate surface area is 349 Å². The fourth-order valence-corrected chi connectivity index (χ4v) is 8.78. The number of rotatable bonds is 8. The first kappa shape index (κ1) is 35.2. The van der Waals surface area contributed by atoms with E-state index in [4.69, 9.17) is 0 Å². The van der Waals surface area contributed by atoms with Gasteiger partial charge in [0.15, 0.2) is 0 Å². The van der Waals surface area contributed by atoms with Crippen molar-refractivity contribution in [1.29, 1.82) is 0 Å². The average Bonchev–Trinajstić information content (AvgIpc) is 3.96. The van der Waals surface area contributed by atoms with Crippen LogP contribution in [0, 0.1) is 0 Å². The van der Waals surface area contributed by atoms with Gasteiger partial charge in [-0.15, -0.1) is 0 Å². The summed E-state index contributed by atoms with van der Waals surface area (Å²) in [6, 6.07) is 74.6. The summed E-state index contributed by atoms with van der Waals surface area (Å²) in [4.78, 5) is 0. The molecule has 2 aromatic heterocycles. The van der Waals surface area contributed by atoms with Gasteiger partial charge >= 0.3 is 0 Å². The SMILES string of the molecule is C(=C\c1ccc2c(-c3ccccc3)c(-c3ccccc3)c3ccc(/C=C/c4ccc(-n5ccc6ccccc65)cc4)cc3c2c1)/c1ccc(-n2ccc3ccccc32)cc1. The molecule has 2 heterocycles.